The van der Waals surface area contributed by atoms with Gasteiger partial charge in [-0.25, -0.2) is 5.06 Å². The SMILES string of the molecule is CCCCc1ccc(CC(=O)N(C)OC)cc1. The predicted molar refractivity (Wildman–Crippen MR) is 68.5 cm³/mol. The average molecular weight is 235 g/mol. The summed E-state index contributed by atoms with van der Waals surface area (Å²) in [6.45, 7) is 2.19. The maximum atomic E-state index is 11.6. The van der Waals surface area contributed by atoms with Crippen LogP contribution in [-0.2, 0) is 22.5 Å². The maximum absolute atomic E-state index is 11.6. The fourth-order valence-corrected chi connectivity index (χ4v) is 1.59. The Morgan fingerprint density at radius 2 is 1.82 bits per heavy atom. The number of hydrogen-bond acceptors (Lipinski definition) is 2. The van der Waals surface area contributed by atoms with Crippen LogP contribution in [0.1, 0.15) is 30.9 Å². The zero-order chi connectivity index (χ0) is 12.7. The molecule has 0 spiro atoms. The maximum Gasteiger partial charge on any atom is 0.250 e. The van der Waals surface area contributed by atoms with Crippen molar-refractivity contribution in [3.63, 3.8) is 0 Å². The van der Waals surface area contributed by atoms with Crippen LogP contribution in [0.15, 0.2) is 24.3 Å². The van der Waals surface area contributed by atoms with Gasteiger partial charge >= 0.3 is 0 Å². The van der Waals surface area contributed by atoms with Gasteiger partial charge in [-0.1, -0.05) is 37.6 Å². The summed E-state index contributed by atoms with van der Waals surface area (Å²) in [6, 6.07) is 8.24. The summed E-state index contributed by atoms with van der Waals surface area (Å²) < 4.78 is 0. The molecule has 3 nitrogen and oxygen atoms in total. The molecule has 0 fully saturated rings. The molecule has 0 atom stereocenters. The van der Waals surface area contributed by atoms with Gasteiger partial charge in [-0.15, -0.1) is 0 Å². The number of unbranched alkanes of at least 4 members (excludes halogenated alkanes) is 1. The lowest BCUT2D eigenvalue weighted by molar-refractivity contribution is -0.167. The van der Waals surface area contributed by atoms with Gasteiger partial charge in [0.1, 0.15) is 0 Å². The summed E-state index contributed by atoms with van der Waals surface area (Å²) in [6.07, 6.45) is 3.92. The van der Waals surface area contributed by atoms with E-state index in [1.165, 1.54) is 30.6 Å². The minimum Gasteiger partial charge on any atom is -0.275 e. The van der Waals surface area contributed by atoms with E-state index in [0.717, 1.165) is 12.0 Å². The second-order valence-electron chi connectivity index (χ2n) is 4.17. The van der Waals surface area contributed by atoms with Crippen molar-refractivity contribution in [1.82, 2.24) is 5.06 Å². The lowest BCUT2D eigenvalue weighted by atomic mass is 10.0. The minimum atomic E-state index is -0.0335. The molecule has 1 rings (SSSR count). The lowest BCUT2D eigenvalue weighted by Crippen LogP contribution is -2.26. The summed E-state index contributed by atoms with van der Waals surface area (Å²) in [5.74, 6) is -0.0335. The zero-order valence-electron chi connectivity index (χ0n) is 10.9. The van der Waals surface area contributed by atoms with Crippen LogP contribution in [0.4, 0.5) is 0 Å². The van der Waals surface area contributed by atoms with Gasteiger partial charge in [0.25, 0.3) is 0 Å². The van der Waals surface area contributed by atoms with Crippen LogP contribution in [0.2, 0.25) is 0 Å². The van der Waals surface area contributed by atoms with E-state index in [1.807, 2.05) is 12.1 Å². The van der Waals surface area contributed by atoms with Gasteiger partial charge in [0.15, 0.2) is 0 Å². The smallest absolute Gasteiger partial charge is 0.250 e. The average Bonchev–Trinajstić information content (AvgIpc) is 2.37. The number of likely N-dealkylation sites (N-methyl/N-ethyl adjacent to an activating group) is 1. The van der Waals surface area contributed by atoms with E-state index < -0.39 is 0 Å². The molecule has 0 unspecified atom stereocenters. The molecule has 17 heavy (non-hydrogen) atoms. The van der Waals surface area contributed by atoms with Crippen molar-refractivity contribution in [2.24, 2.45) is 0 Å². The second kappa shape index (κ2) is 7.07. The standard InChI is InChI=1S/C14H21NO2/c1-4-5-6-12-7-9-13(10-8-12)11-14(16)15(2)17-3/h7-10H,4-6,11H2,1-3H3. The quantitative estimate of drug-likeness (QED) is 0.709. The highest BCUT2D eigenvalue weighted by atomic mass is 16.7. The molecule has 0 bridgehead atoms. The van der Waals surface area contributed by atoms with Crippen molar-refractivity contribution in [3.8, 4) is 0 Å². The van der Waals surface area contributed by atoms with E-state index in [9.17, 15) is 4.79 Å². The van der Waals surface area contributed by atoms with E-state index in [1.54, 1.807) is 7.05 Å². The van der Waals surface area contributed by atoms with E-state index in [-0.39, 0.29) is 5.91 Å². The Labute approximate surface area is 103 Å². The molecule has 0 N–H and O–H groups in total. The second-order valence-corrected chi connectivity index (χ2v) is 4.17. The molecule has 1 aromatic carbocycles. The van der Waals surface area contributed by atoms with Crippen LogP contribution in [0.3, 0.4) is 0 Å². The molecule has 94 valence electrons. The van der Waals surface area contributed by atoms with E-state index in [4.69, 9.17) is 4.84 Å². The molecule has 0 heterocycles. The highest BCUT2D eigenvalue weighted by molar-refractivity contribution is 5.77. The van der Waals surface area contributed by atoms with Gasteiger partial charge < -0.3 is 0 Å². The Balaban J connectivity index is 2.53. The molecule has 0 saturated carbocycles. The first kappa shape index (κ1) is 13.7. The molecule has 1 amide bonds. The zero-order valence-corrected chi connectivity index (χ0v) is 10.9. The third kappa shape index (κ3) is 4.57. The predicted octanol–water partition coefficient (Wildman–Crippen LogP) is 2.59. The van der Waals surface area contributed by atoms with Gasteiger partial charge in [-0.05, 0) is 24.0 Å². The number of hydrogen-bond donors (Lipinski definition) is 0. The molecule has 0 radical (unpaired) electrons. The molecule has 3 heteroatoms. The van der Waals surface area contributed by atoms with Crippen LogP contribution in [0.25, 0.3) is 0 Å². The molecule has 0 aromatic heterocycles. The van der Waals surface area contributed by atoms with Crippen molar-refractivity contribution in [3.05, 3.63) is 35.4 Å². The largest absolute Gasteiger partial charge is 0.275 e. The Hall–Kier alpha value is -1.35. The molecule has 0 aliphatic carbocycles. The monoisotopic (exact) mass is 235 g/mol. The van der Waals surface area contributed by atoms with Crippen LogP contribution < -0.4 is 0 Å². The van der Waals surface area contributed by atoms with Crippen molar-refractivity contribution in [1.29, 1.82) is 0 Å². The molecular formula is C14H21NO2. The Morgan fingerprint density at radius 1 is 1.24 bits per heavy atom. The third-order valence-corrected chi connectivity index (χ3v) is 2.82. The van der Waals surface area contributed by atoms with Crippen molar-refractivity contribution in [2.75, 3.05) is 14.2 Å². The number of benzene rings is 1. The summed E-state index contributed by atoms with van der Waals surface area (Å²) >= 11 is 0. The molecule has 0 aliphatic rings. The van der Waals surface area contributed by atoms with E-state index in [2.05, 4.69) is 19.1 Å². The highest BCUT2D eigenvalue weighted by Gasteiger charge is 2.08. The van der Waals surface area contributed by atoms with Crippen LogP contribution >= 0.6 is 0 Å². The van der Waals surface area contributed by atoms with Crippen molar-refractivity contribution in [2.45, 2.75) is 32.6 Å². The van der Waals surface area contributed by atoms with Crippen LogP contribution in [0, 0.1) is 0 Å². The number of nitrogens with zero attached hydrogens (tertiary/aromatic N) is 1. The molecule has 1 aromatic rings. The van der Waals surface area contributed by atoms with Crippen molar-refractivity contribution >= 4 is 5.91 Å². The van der Waals surface area contributed by atoms with Crippen LogP contribution in [0.5, 0.6) is 0 Å². The lowest BCUT2D eigenvalue weighted by Gasteiger charge is -2.13. The van der Waals surface area contributed by atoms with E-state index >= 15 is 0 Å². The summed E-state index contributed by atoms with van der Waals surface area (Å²) in [4.78, 5) is 16.4. The highest BCUT2D eigenvalue weighted by Crippen LogP contribution is 2.09. The number of aryl methyl sites for hydroxylation is 1. The summed E-state index contributed by atoms with van der Waals surface area (Å²) in [5, 5.41) is 1.25. The number of hydroxylamine groups is 2. The van der Waals surface area contributed by atoms with Gasteiger partial charge in [0, 0.05) is 7.05 Å². The molecule has 0 aliphatic heterocycles. The fourth-order valence-electron chi connectivity index (χ4n) is 1.59. The fraction of sp³-hybridized carbons (Fsp3) is 0.500. The van der Waals surface area contributed by atoms with Gasteiger partial charge in [0.2, 0.25) is 5.91 Å². The topological polar surface area (TPSA) is 29.5 Å². The minimum absolute atomic E-state index is 0.0335. The van der Waals surface area contributed by atoms with Gasteiger partial charge in [-0.2, -0.15) is 0 Å². The van der Waals surface area contributed by atoms with Crippen LogP contribution in [-0.4, -0.2) is 25.1 Å². The summed E-state index contributed by atoms with van der Waals surface area (Å²) in [7, 11) is 3.11. The first-order valence-corrected chi connectivity index (χ1v) is 6.05. The number of carbonyl (C=O) groups is 1. The third-order valence-electron chi connectivity index (χ3n) is 2.82. The number of carbonyl (C=O) groups excluding carboxylic acids is 1. The Morgan fingerprint density at radius 3 is 2.35 bits per heavy atom. The van der Waals surface area contributed by atoms with Gasteiger partial charge in [-0.3, -0.25) is 9.63 Å². The molecule has 0 saturated heterocycles. The molecular weight excluding hydrogens is 214 g/mol. The normalized spacial score (nSPS) is 10.3. The Bertz CT molecular complexity index is 346. The Kier molecular flexibility index (Phi) is 5.70. The first-order chi connectivity index (χ1) is 8.17. The van der Waals surface area contributed by atoms with E-state index in [0.29, 0.717) is 6.42 Å². The van der Waals surface area contributed by atoms with Crippen molar-refractivity contribution < 1.29 is 9.63 Å². The van der Waals surface area contributed by atoms with Gasteiger partial charge in [0.05, 0.1) is 13.5 Å². The number of amides is 1. The summed E-state index contributed by atoms with van der Waals surface area (Å²) in [5.41, 5.74) is 2.36. The first-order valence-electron chi connectivity index (χ1n) is 6.05. The number of rotatable bonds is 6.